The van der Waals surface area contributed by atoms with Crippen molar-refractivity contribution in [2.45, 2.75) is 52.9 Å². The van der Waals surface area contributed by atoms with Crippen LogP contribution in [0.5, 0.6) is 5.75 Å². The molecule has 22 heavy (non-hydrogen) atoms. The number of nitrogens with zero attached hydrogens (tertiary/aromatic N) is 2. The molecule has 0 amide bonds. The van der Waals surface area contributed by atoms with E-state index in [0.29, 0.717) is 5.92 Å². The molecule has 4 nitrogen and oxygen atoms in total. The minimum atomic E-state index is 0.314. The molecule has 1 N–H and O–H groups in total. The predicted octanol–water partition coefficient (Wildman–Crippen LogP) is 4.60. The third-order valence-electron chi connectivity index (χ3n) is 3.98. The minimum absolute atomic E-state index is 0.314. The molecule has 0 radical (unpaired) electrons. The first-order chi connectivity index (χ1) is 10.6. The second-order valence-electron chi connectivity index (χ2n) is 5.66. The summed E-state index contributed by atoms with van der Waals surface area (Å²) in [5.74, 6) is 1.30. The summed E-state index contributed by atoms with van der Waals surface area (Å²) in [7, 11) is 0. The van der Waals surface area contributed by atoms with Crippen LogP contribution in [0.15, 0.2) is 12.3 Å². The van der Waals surface area contributed by atoms with Gasteiger partial charge in [0.05, 0.1) is 18.5 Å². The smallest absolute Gasteiger partial charge is 0.126 e. The van der Waals surface area contributed by atoms with E-state index in [1.165, 1.54) is 5.56 Å². The number of halogens is 1. The van der Waals surface area contributed by atoms with E-state index in [9.17, 15) is 0 Å². The van der Waals surface area contributed by atoms with Crippen molar-refractivity contribution in [2.75, 3.05) is 6.61 Å². The molecule has 1 aromatic carbocycles. The number of hydrogen-bond acceptors (Lipinski definition) is 3. The fraction of sp³-hybridized carbons (Fsp3) is 0.529. The van der Waals surface area contributed by atoms with E-state index < -0.39 is 0 Å². The maximum atomic E-state index is 6.42. The van der Waals surface area contributed by atoms with Gasteiger partial charge in [0.2, 0.25) is 0 Å². The highest BCUT2D eigenvalue weighted by atomic mass is 35.5. The zero-order valence-corrected chi connectivity index (χ0v) is 14.5. The van der Waals surface area contributed by atoms with Crippen molar-refractivity contribution in [2.24, 2.45) is 0 Å². The van der Waals surface area contributed by atoms with E-state index in [1.807, 2.05) is 6.07 Å². The lowest BCUT2D eigenvalue weighted by Gasteiger charge is -2.23. The Morgan fingerprint density at radius 3 is 2.68 bits per heavy atom. The normalized spacial score (nSPS) is 12.4. The van der Waals surface area contributed by atoms with Gasteiger partial charge in [0.15, 0.2) is 0 Å². The summed E-state index contributed by atoms with van der Waals surface area (Å²) in [6.45, 7) is 9.15. The predicted molar refractivity (Wildman–Crippen MR) is 89.8 cm³/mol. The highest BCUT2D eigenvalue weighted by Gasteiger charge is 2.22. The first kappa shape index (κ1) is 16.8. The highest BCUT2D eigenvalue weighted by molar-refractivity contribution is 6.31. The molecule has 120 valence electrons. The summed E-state index contributed by atoms with van der Waals surface area (Å²) in [5.41, 5.74) is 4.38. The van der Waals surface area contributed by atoms with Crippen LogP contribution in [-0.2, 0) is 6.42 Å². The van der Waals surface area contributed by atoms with Crippen LogP contribution in [-0.4, -0.2) is 22.0 Å². The molecule has 0 aliphatic heterocycles. The van der Waals surface area contributed by atoms with Gasteiger partial charge in [0.1, 0.15) is 5.75 Å². The monoisotopic (exact) mass is 321 g/mol. The Kier molecular flexibility index (Phi) is 5.83. The zero-order valence-electron chi connectivity index (χ0n) is 13.7. The maximum Gasteiger partial charge on any atom is 0.126 e. The van der Waals surface area contributed by atoms with Crippen LogP contribution in [0.3, 0.4) is 0 Å². The fourth-order valence-electron chi connectivity index (χ4n) is 2.79. The summed E-state index contributed by atoms with van der Waals surface area (Å²) in [6, 6.07) is 1.99. The molecule has 1 unspecified atom stereocenters. The van der Waals surface area contributed by atoms with E-state index in [4.69, 9.17) is 16.3 Å². The van der Waals surface area contributed by atoms with Crippen molar-refractivity contribution in [3.63, 3.8) is 0 Å². The molecule has 0 aliphatic rings. The fourth-order valence-corrected chi connectivity index (χ4v) is 3.05. The lowest BCUT2D eigenvalue weighted by Crippen LogP contribution is -2.10. The molecule has 5 heteroatoms. The van der Waals surface area contributed by atoms with Crippen LogP contribution >= 0.6 is 11.6 Å². The van der Waals surface area contributed by atoms with Crippen LogP contribution in [0.1, 0.15) is 55.0 Å². The Balaban J connectivity index is 2.44. The van der Waals surface area contributed by atoms with Gasteiger partial charge < -0.3 is 4.74 Å². The van der Waals surface area contributed by atoms with Crippen molar-refractivity contribution in [3.05, 3.63) is 39.7 Å². The number of aromatic amines is 1. The molecule has 0 spiro atoms. The molecular formula is C17H24ClN3O. The molecule has 2 aromatic rings. The van der Waals surface area contributed by atoms with E-state index in [-0.39, 0.29) is 0 Å². The van der Waals surface area contributed by atoms with Crippen molar-refractivity contribution in [3.8, 4) is 5.75 Å². The highest BCUT2D eigenvalue weighted by Crippen LogP contribution is 2.39. The molecule has 1 aromatic heterocycles. The number of rotatable bonds is 7. The quantitative estimate of drug-likeness (QED) is 0.810. The SMILES string of the molecule is CCCOc1c(C)cc(Cl)c(C)c1C(CC)Cc1cn[nH]n1. The van der Waals surface area contributed by atoms with E-state index in [0.717, 1.165) is 53.5 Å². The second-order valence-corrected chi connectivity index (χ2v) is 6.07. The van der Waals surface area contributed by atoms with Crippen LogP contribution in [0.4, 0.5) is 0 Å². The summed E-state index contributed by atoms with van der Waals surface area (Å²) in [4.78, 5) is 0. The van der Waals surface area contributed by atoms with Gasteiger partial charge >= 0.3 is 0 Å². The Morgan fingerprint density at radius 2 is 2.09 bits per heavy atom. The third-order valence-corrected chi connectivity index (χ3v) is 4.37. The topological polar surface area (TPSA) is 50.8 Å². The first-order valence-corrected chi connectivity index (χ1v) is 8.23. The van der Waals surface area contributed by atoms with Crippen molar-refractivity contribution < 1.29 is 4.74 Å². The van der Waals surface area contributed by atoms with Gasteiger partial charge in [0, 0.05) is 17.0 Å². The molecule has 0 saturated heterocycles. The average molecular weight is 322 g/mol. The van der Waals surface area contributed by atoms with E-state index in [2.05, 4.69) is 43.1 Å². The summed E-state index contributed by atoms with van der Waals surface area (Å²) in [5, 5.41) is 11.6. The first-order valence-electron chi connectivity index (χ1n) is 7.85. The molecule has 0 bridgehead atoms. The summed E-state index contributed by atoms with van der Waals surface area (Å²) in [6.07, 6.45) is 4.59. The zero-order chi connectivity index (χ0) is 16.1. The molecule has 1 atom stereocenters. The van der Waals surface area contributed by atoms with E-state index in [1.54, 1.807) is 6.20 Å². The third kappa shape index (κ3) is 3.61. The lowest BCUT2D eigenvalue weighted by molar-refractivity contribution is 0.309. The average Bonchev–Trinajstić information content (AvgIpc) is 3.00. The van der Waals surface area contributed by atoms with Crippen LogP contribution in [0.2, 0.25) is 5.02 Å². The molecule has 1 heterocycles. The molecule has 0 saturated carbocycles. The Labute approximate surface area is 137 Å². The minimum Gasteiger partial charge on any atom is -0.493 e. The molecule has 0 fully saturated rings. The van der Waals surface area contributed by atoms with Crippen molar-refractivity contribution in [1.82, 2.24) is 15.4 Å². The molecule has 2 rings (SSSR count). The largest absolute Gasteiger partial charge is 0.493 e. The summed E-state index contributed by atoms with van der Waals surface area (Å²) < 4.78 is 6.05. The maximum absolute atomic E-state index is 6.42. The van der Waals surface area contributed by atoms with Gasteiger partial charge in [-0.05, 0) is 49.8 Å². The van der Waals surface area contributed by atoms with Crippen LogP contribution in [0.25, 0.3) is 0 Å². The van der Waals surface area contributed by atoms with Gasteiger partial charge in [0.25, 0.3) is 0 Å². The van der Waals surface area contributed by atoms with Crippen molar-refractivity contribution in [1.29, 1.82) is 0 Å². The standard InChI is InChI=1S/C17H24ClN3O/c1-5-7-22-17-11(3)8-15(18)12(4)16(17)13(6-2)9-14-10-19-21-20-14/h8,10,13H,5-7,9H2,1-4H3,(H,19,20,21). The van der Waals surface area contributed by atoms with Crippen LogP contribution in [0, 0.1) is 13.8 Å². The second kappa shape index (κ2) is 7.63. The number of H-pyrrole nitrogens is 1. The van der Waals surface area contributed by atoms with E-state index >= 15 is 0 Å². The number of ether oxygens (including phenoxy) is 1. The lowest BCUT2D eigenvalue weighted by atomic mass is 9.87. The van der Waals surface area contributed by atoms with Gasteiger partial charge in [-0.3, -0.25) is 0 Å². The van der Waals surface area contributed by atoms with Gasteiger partial charge in [-0.1, -0.05) is 25.4 Å². The number of nitrogens with one attached hydrogen (secondary N) is 1. The Bertz CT molecular complexity index is 611. The molecule has 0 aliphatic carbocycles. The number of benzene rings is 1. The molecular weight excluding hydrogens is 298 g/mol. The van der Waals surface area contributed by atoms with Gasteiger partial charge in [-0.2, -0.15) is 15.4 Å². The Hall–Kier alpha value is -1.55. The number of aromatic nitrogens is 3. The van der Waals surface area contributed by atoms with Crippen molar-refractivity contribution >= 4 is 11.6 Å². The van der Waals surface area contributed by atoms with Gasteiger partial charge in [-0.15, -0.1) is 0 Å². The van der Waals surface area contributed by atoms with Gasteiger partial charge in [-0.25, -0.2) is 0 Å². The number of aryl methyl sites for hydroxylation is 1. The van der Waals surface area contributed by atoms with Crippen LogP contribution < -0.4 is 4.74 Å². The summed E-state index contributed by atoms with van der Waals surface area (Å²) >= 11 is 6.42. The Morgan fingerprint density at radius 1 is 1.32 bits per heavy atom. The number of hydrogen-bond donors (Lipinski definition) is 1.